The van der Waals surface area contributed by atoms with Gasteiger partial charge in [0.05, 0.1) is 12.8 Å². The van der Waals surface area contributed by atoms with Crippen LogP contribution in [0.5, 0.6) is 5.75 Å². The van der Waals surface area contributed by atoms with E-state index in [9.17, 15) is 4.79 Å². The lowest BCUT2D eigenvalue weighted by Crippen LogP contribution is -1.95. The lowest BCUT2D eigenvalue weighted by molar-refractivity contribution is 0.112. The molecule has 3 nitrogen and oxygen atoms in total. The molecule has 0 aliphatic heterocycles. The van der Waals surface area contributed by atoms with Crippen molar-refractivity contribution in [1.82, 2.24) is 4.98 Å². The smallest absolute Gasteiger partial charge is 0.151 e. The summed E-state index contributed by atoms with van der Waals surface area (Å²) in [5.41, 5.74) is 2.81. The summed E-state index contributed by atoms with van der Waals surface area (Å²) in [7, 11) is 1.60. The molecule has 1 aromatic carbocycles. The first-order valence-corrected chi connectivity index (χ1v) is 5.80. The molecule has 1 aromatic heterocycles. The minimum atomic E-state index is 0.583. The van der Waals surface area contributed by atoms with Crippen LogP contribution in [-0.2, 0) is 0 Å². The van der Waals surface area contributed by atoms with Gasteiger partial charge >= 0.3 is 0 Å². The summed E-state index contributed by atoms with van der Waals surface area (Å²) in [4.78, 5) is 15.2. The number of hydrogen-bond donors (Lipinski definition) is 0. The Hall–Kier alpha value is -1.87. The van der Waals surface area contributed by atoms with Crippen molar-refractivity contribution in [2.75, 3.05) is 7.11 Å². The van der Waals surface area contributed by atoms with Crippen molar-refractivity contribution < 1.29 is 9.53 Å². The maximum atomic E-state index is 10.8. The number of hydrogen-bond acceptors (Lipinski definition) is 3. The van der Waals surface area contributed by atoms with Crippen molar-refractivity contribution in [2.45, 2.75) is 6.92 Å². The van der Waals surface area contributed by atoms with E-state index >= 15 is 0 Å². The molecule has 0 amide bonds. The number of pyridine rings is 1. The van der Waals surface area contributed by atoms with E-state index in [0.29, 0.717) is 22.0 Å². The van der Waals surface area contributed by atoms with Gasteiger partial charge in [0, 0.05) is 21.8 Å². The number of rotatable bonds is 3. The molecule has 18 heavy (non-hydrogen) atoms. The standard InChI is InChI=1S/C14H12ClNO2/c1-9-10(8-17)3-5-13(16-9)12-7-11(15)4-6-14(12)18-2/h3-8H,1-2H3. The van der Waals surface area contributed by atoms with Crippen LogP contribution in [0.25, 0.3) is 11.3 Å². The first-order valence-electron chi connectivity index (χ1n) is 5.42. The number of carbonyl (C=O) groups excluding carboxylic acids is 1. The Bertz CT molecular complexity index is 596. The van der Waals surface area contributed by atoms with E-state index in [1.807, 2.05) is 0 Å². The largest absolute Gasteiger partial charge is 0.496 e. The molecule has 0 aliphatic carbocycles. The van der Waals surface area contributed by atoms with Gasteiger partial charge in [-0.1, -0.05) is 11.6 Å². The zero-order chi connectivity index (χ0) is 13.1. The highest BCUT2D eigenvalue weighted by Gasteiger charge is 2.09. The minimum Gasteiger partial charge on any atom is -0.496 e. The van der Waals surface area contributed by atoms with Gasteiger partial charge in [-0.2, -0.15) is 0 Å². The Balaban J connectivity index is 2.57. The predicted molar refractivity (Wildman–Crippen MR) is 71.4 cm³/mol. The molecule has 4 heteroatoms. The Kier molecular flexibility index (Phi) is 3.63. The van der Waals surface area contributed by atoms with E-state index in [-0.39, 0.29) is 0 Å². The van der Waals surface area contributed by atoms with Crippen LogP contribution in [-0.4, -0.2) is 18.4 Å². The normalized spacial score (nSPS) is 10.2. The van der Waals surface area contributed by atoms with Crippen LogP contribution < -0.4 is 4.74 Å². The van der Waals surface area contributed by atoms with Crippen LogP contribution in [0, 0.1) is 6.92 Å². The number of carbonyl (C=O) groups is 1. The summed E-state index contributed by atoms with van der Waals surface area (Å²) in [6, 6.07) is 8.87. The summed E-state index contributed by atoms with van der Waals surface area (Å²) < 4.78 is 5.28. The molecule has 2 rings (SSSR count). The van der Waals surface area contributed by atoms with Crippen LogP contribution in [0.3, 0.4) is 0 Å². The highest BCUT2D eigenvalue weighted by atomic mass is 35.5. The number of nitrogens with zero attached hydrogens (tertiary/aromatic N) is 1. The van der Waals surface area contributed by atoms with Gasteiger partial charge in [-0.3, -0.25) is 9.78 Å². The zero-order valence-electron chi connectivity index (χ0n) is 10.1. The summed E-state index contributed by atoms with van der Waals surface area (Å²) in [6.07, 6.45) is 0.793. The molecular formula is C14H12ClNO2. The van der Waals surface area contributed by atoms with Gasteiger partial charge in [0.25, 0.3) is 0 Å². The van der Waals surface area contributed by atoms with Crippen LogP contribution >= 0.6 is 11.6 Å². The van der Waals surface area contributed by atoms with Gasteiger partial charge in [0.15, 0.2) is 6.29 Å². The predicted octanol–water partition coefficient (Wildman–Crippen LogP) is 3.53. The molecule has 2 aromatic rings. The monoisotopic (exact) mass is 261 g/mol. The van der Waals surface area contributed by atoms with Crippen molar-refractivity contribution in [3.05, 3.63) is 46.6 Å². The molecule has 92 valence electrons. The van der Waals surface area contributed by atoms with E-state index in [1.165, 1.54) is 0 Å². The van der Waals surface area contributed by atoms with Crippen molar-refractivity contribution >= 4 is 17.9 Å². The maximum absolute atomic E-state index is 10.8. The summed E-state index contributed by atoms with van der Waals surface area (Å²) in [6.45, 7) is 1.80. The third-order valence-electron chi connectivity index (χ3n) is 2.69. The Morgan fingerprint density at radius 3 is 2.67 bits per heavy atom. The van der Waals surface area contributed by atoms with Gasteiger partial charge in [-0.05, 0) is 37.3 Å². The van der Waals surface area contributed by atoms with Crippen molar-refractivity contribution in [3.63, 3.8) is 0 Å². The van der Waals surface area contributed by atoms with Crippen molar-refractivity contribution in [1.29, 1.82) is 0 Å². The Morgan fingerprint density at radius 1 is 1.28 bits per heavy atom. The summed E-state index contributed by atoms with van der Waals surface area (Å²) >= 11 is 5.98. The molecule has 1 heterocycles. The second kappa shape index (κ2) is 5.19. The molecule has 0 saturated heterocycles. The highest BCUT2D eigenvalue weighted by Crippen LogP contribution is 2.31. The lowest BCUT2D eigenvalue weighted by Gasteiger charge is -2.09. The van der Waals surface area contributed by atoms with Gasteiger partial charge in [0.1, 0.15) is 5.75 Å². The van der Waals surface area contributed by atoms with Gasteiger partial charge in [0.2, 0.25) is 0 Å². The lowest BCUT2D eigenvalue weighted by atomic mass is 10.1. The first kappa shape index (κ1) is 12.6. The molecule has 0 aliphatic rings. The number of methoxy groups -OCH3 is 1. The summed E-state index contributed by atoms with van der Waals surface area (Å²) in [5.74, 6) is 0.699. The van der Waals surface area contributed by atoms with Crippen LogP contribution in [0.2, 0.25) is 5.02 Å². The number of aryl methyl sites for hydroxylation is 1. The fraction of sp³-hybridized carbons (Fsp3) is 0.143. The van der Waals surface area contributed by atoms with E-state index in [2.05, 4.69) is 4.98 Å². The number of aldehydes is 1. The number of halogens is 1. The minimum absolute atomic E-state index is 0.583. The second-order valence-electron chi connectivity index (χ2n) is 3.83. The van der Waals surface area contributed by atoms with E-state index in [1.54, 1.807) is 44.4 Å². The first-order chi connectivity index (χ1) is 8.65. The van der Waals surface area contributed by atoms with Crippen LogP contribution in [0.4, 0.5) is 0 Å². The molecular weight excluding hydrogens is 250 g/mol. The Labute approximate surface area is 110 Å². The van der Waals surface area contributed by atoms with Crippen LogP contribution in [0.1, 0.15) is 16.1 Å². The van der Waals surface area contributed by atoms with Gasteiger partial charge in [-0.15, -0.1) is 0 Å². The van der Waals surface area contributed by atoms with E-state index < -0.39 is 0 Å². The van der Waals surface area contributed by atoms with Gasteiger partial charge in [-0.25, -0.2) is 0 Å². The topological polar surface area (TPSA) is 39.2 Å². The number of ether oxygens (including phenoxy) is 1. The molecule has 0 radical (unpaired) electrons. The Morgan fingerprint density at radius 2 is 2.06 bits per heavy atom. The van der Waals surface area contributed by atoms with Gasteiger partial charge < -0.3 is 4.74 Å². The molecule has 0 N–H and O–H groups in total. The maximum Gasteiger partial charge on any atom is 0.151 e. The highest BCUT2D eigenvalue weighted by molar-refractivity contribution is 6.30. The zero-order valence-corrected chi connectivity index (χ0v) is 10.9. The molecule has 0 bridgehead atoms. The number of benzene rings is 1. The molecule has 0 fully saturated rings. The van der Waals surface area contributed by atoms with Crippen molar-refractivity contribution in [3.8, 4) is 17.0 Å². The fourth-order valence-corrected chi connectivity index (χ4v) is 1.90. The van der Waals surface area contributed by atoms with E-state index in [0.717, 1.165) is 17.5 Å². The number of aromatic nitrogens is 1. The average Bonchev–Trinajstić information content (AvgIpc) is 2.38. The summed E-state index contributed by atoms with van der Waals surface area (Å²) in [5, 5.41) is 0.615. The third-order valence-corrected chi connectivity index (χ3v) is 2.93. The average molecular weight is 262 g/mol. The van der Waals surface area contributed by atoms with E-state index in [4.69, 9.17) is 16.3 Å². The second-order valence-corrected chi connectivity index (χ2v) is 4.27. The molecule has 0 spiro atoms. The van der Waals surface area contributed by atoms with Crippen LogP contribution in [0.15, 0.2) is 30.3 Å². The SMILES string of the molecule is COc1ccc(Cl)cc1-c1ccc(C=O)c(C)n1. The molecule has 0 atom stereocenters. The molecule has 0 saturated carbocycles. The van der Waals surface area contributed by atoms with Crippen molar-refractivity contribution in [2.24, 2.45) is 0 Å². The quantitative estimate of drug-likeness (QED) is 0.794. The fourth-order valence-electron chi connectivity index (χ4n) is 1.73. The molecule has 0 unspecified atom stereocenters. The third kappa shape index (κ3) is 2.36.